The summed E-state index contributed by atoms with van der Waals surface area (Å²) >= 11 is 0. The van der Waals surface area contributed by atoms with Crippen LogP contribution < -0.4 is 4.74 Å². The second-order valence-electron chi connectivity index (χ2n) is 9.36. The predicted octanol–water partition coefficient (Wildman–Crippen LogP) is 6.69. The van der Waals surface area contributed by atoms with Gasteiger partial charge in [0.15, 0.2) is 0 Å². The molecule has 0 aromatic heterocycles. The van der Waals surface area contributed by atoms with Gasteiger partial charge in [-0.1, -0.05) is 30.3 Å². The van der Waals surface area contributed by atoms with E-state index in [-0.39, 0.29) is 5.82 Å². The van der Waals surface area contributed by atoms with Crippen molar-refractivity contribution >= 4 is 16.3 Å². The molecule has 2 nitrogen and oxygen atoms in total. The van der Waals surface area contributed by atoms with Crippen LogP contribution in [0.3, 0.4) is 0 Å². The third-order valence-electron chi connectivity index (χ3n) is 6.90. The van der Waals surface area contributed by atoms with Gasteiger partial charge in [0.2, 0.25) is 0 Å². The summed E-state index contributed by atoms with van der Waals surface area (Å²) in [4.78, 5) is 2.32. The normalized spacial score (nSPS) is 20.6. The maximum absolute atomic E-state index is 13.1. The summed E-state index contributed by atoms with van der Waals surface area (Å²) in [5.74, 6) is 2.10. The predicted molar refractivity (Wildman–Crippen MR) is 126 cm³/mol. The van der Waals surface area contributed by atoms with Gasteiger partial charge in [0.1, 0.15) is 18.2 Å². The molecule has 160 valence electrons. The Balaban J connectivity index is 1.41. The number of hydrogen-bond donors (Lipinski definition) is 0. The van der Waals surface area contributed by atoms with Crippen molar-refractivity contribution in [1.82, 2.24) is 4.90 Å². The lowest BCUT2D eigenvalue weighted by Crippen LogP contribution is -2.31. The molecule has 0 N–H and O–H groups in total. The van der Waals surface area contributed by atoms with Gasteiger partial charge in [-0.2, -0.15) is 0 Å². The number of nitrogens with zero attached hydrogens (tertiary/aromatic N) is 1. The van der Waals surface area contributed by atoms with Gasteiger partial charge in [-0.3, -0.25) is 0 Å². The topological polar surface area (TPSA) is 12.5 Å². The SMILES string of the molecule is CN(C)CC1=C(c2ccc3cc(OCc4ccc(F)cc4)ccc3c2)C2CCC1CC2. The zero-order valence-corrected chi connectivity index (χ0v) is 18.4. The Hall–Kier alpha value is -2.65. The quantitative estimate of drug-likeness (QED) is 0.444. The summed E-state index contributed by atoms with van der Waals surface area (Å²) in [6, 6.07) is 19.7. The molecular weight excluding hydrogens is 385 g/mol. The minimum absolute atomic E-state index is 0.222. The van der Waals surface area contributed by atoms with Crippen molar-refractivity contribution in [3.63, 3.8) is 0 Å². The zero-order chi connectivity index (χ0) is 21.4. The van der Waals surface area contributed by atoms with Gasteiger partial charge in [-0.25, -0.2) is 4.39 Å². The van der Waals surface area contributed by atoms with E-state index in [1.165, 1.54) is 54.2 Å². The minimum atomic E-state index is -0.222. The lowest BCUT2D eigenvalue weighted by atomic mass is 9.65. The molecule has 3 aliphatic rings. The van der Waals surface area contributed by atoms with Crippen LogP contribution in [-0.4, -0.2) is 25.5 Å². The van der Waals surface area contributed by atoms with E-state index in [1.54, 1.807) is 23.3 Å². The Bertz CT molecular complexity index is 1110. The highest BCUT2D eigenvalue weighted by molar-refractivity contribution is 5.88. The van der Waals surface area contributed by atoms with Gasteiger partial charge in [-0.05, 0) is 115 Å². The first kappa shape index (κ1) is 20.3. The second-order valence-corrected chi connectivity index (χ2v) is 9.36. The molecule has 1 saturated carbocycles. The van der Waals surface area contributed by atoms with Crippen molar-refractivity contribution in [3.8, 4) is 5.75 Å². The van der Waals surface area contributed by atoms with Gasteiger partial charge < -0.3 is 9.64 Å². The number of halogens is 1. The van der Waals surface area contributed by atoms with Crippen LogP contribution in [0.1, 0.15) is 36.8 Å². The number of benzene rings is 3. The molecule has 3 aromatic rings. The highest BCUT2D eigenvalue weighted by Gasteiger charge is 2.35. The number of rotatable bonds is 6. The van der Waals surface area contributed by atoms with E-state index in [9.17, 15) is 4.39 Å². The number of allylic oxidation sites excluding steroid dienone is 1. The van der Waals surface area contributed by atoms with Crippen LogP contribution in [0.25, 0.3) is 16.3 Å². The first-order valence-corrected chi connectivity index (χ1v) is 11.4. The molecule has 0 atom stereocenters. The Kier molecular flexibility index (Phi) is 5.54. The first-order valence-electron chi connectivity index (χ1n) is 11.4. The van der Waals surface area contributed by atoms with Crippen LogP contribution in [-0.2, 0) is 6.61 Å². The molecule has 3 aromatic carbocycles. The third kappa shape index (κ3) is 4.24. The monoisotopic (exact) mass is 415 g/mol. The molecule has 0 unspecified atom stereocenters. The largest absolute Gasteiger partial charge is 0.489 e. The van der Waals surface area contributed by atoms with E-state index in [0.717, 1.165) is 29.7 Å². The fourth-order valence-electron chi connectivity index (χ4n) is 5.42. The molecule has 0 spiro atoms. The molecule has 6 rings (SSSR count). The van der Waals surface area contributed by atoms with Crippen molar-refractivity contribution in [2.24, 2.45) is 11.8 Å². The van der Waals surface area contributed by atoms with Crippen molar-refractivity contribution in [1.29, 1.82) is 0 Å². The second kappa shape index (κ2) is 8.47. The van der Waals surface area contributed by atoms with Crippen LogP contribution in [0.4, 0.5) is 4.39 Å². The summed E-state index contributed by atoms with van der Waals surface area (Å²) in [6.07, 6.45) is 5.40. The lowest BCUT2D eigenvalue weighted by molar-refractivity contribution is 0.299. The molecule has 0 amide bonds. The molecule has 3 aliphatic carbocycles. The van der Waals surface area contributed by atoms with Gasteiger partial charge in [-0.15, -0.1) is 0 Å². The summed E-state index contributed by atoms with van der Waals surface area (Å²) in [7, 11) is 4.36. The maximum atomic E-state index is 13.1. The zero-order valence-electron chi connectivity index (χ0n) is 18.4. The van der Waals surface area contributed by atoms with Crippen molar-refractivity contribution in [2.45, 2.75) is 32.3 Å². The maximum Gasteiger partial charge on any atom is 0.123 e. The minimum Gasteiger partial charge on any atom is -0.489 e. The Morgan fingerprint density at radius 1 is 0.839 bits per heavy atom. The van der Waals surface area contributed by atoms with E-state index in [1.807, 2.05) is 6.07 Å². The Labute approximate surface area is 184 Å². The van der Waals surface area contributed by atoms with Crippen LogP contribution in [0.5, 0.6) is 5.75 Å². The Morgan fingerprint density at radius 3 is 2.26 bits per heavy atom. The van der Waals surface area contributed by atoms with Gasteiger partial charge in [0.05, 0.1) is 0 Å². The van der Waals surface area contributed by atoms with Crippen molar-refractivity contribution < 1.29 is 9.13 Å². The molecule has 3 heteroatoms. The molecule has 1 fully saturated rings. The first-order chi connectivity index (χ1) is 15.1. The average Bonchev–Trinajstić information content (AvgIpc) is 2.79. The summed E-state index contributed by atoms with van der Waals surface area (Å²) in [5, 5.41) is 2.45. The van der Waals surface area contributed by atoms with E-state index < -0.39 is 0 Å². The fraction of sp³-hybridized carbons (Fsp3) is 0.357. The smallest absolute Gasteiger partial charge is 0.123 e. The molecule has 0 saturated heterocycles. The lowest BCUT2D eigenvalue weighted by Gasteiger charge is -2.41. The molecule has 31 heavy (non-hydrogen) atoms. The molecule has 0 radical (unpaired) electrons. The average molecular weight is 416 g/mol. The molecular formula is C28H30FNO. The third-order valence-corrected chi connectivity index (χ3v) is 6.90. The van der Waals surface area contributed by atoms with Crippen LogP contribution in [0.2, 0.25) is 0 Å². The fourth-order valence-corrected chi connectivity index (χ4v) is 5.42. The van der Waals surface area contributed by atoms with Crippen molar-refractivity contribution in [2.75, 3.05) is 20.6 Å². The van der Waals surface area contributed by atoms with E-state index in [0.29, 0.717) is 6.61 Å². The molecule has 2 bridgehead atoms. The van der Waals surface area contributed by atoms with Crippen molar-refractivity contribution in [3.05, 3.63) is 83.2 Å². The van der Waals surface area contributed by atoms with Gasteiger partial charge >= 0.3 is 0 Å². The summed E-state index contributed by atoms with van der Waals surface area (Å²) in [6.45, 7) is 1.51. The highest BCUT2D eigenvalue weighted by atomic mass is 19.1. The standard InChI is InChI=1S/C28H30FNO/c1-30(2)17-27-20-5-7-21(8-6-20)28(27)24-10-9-23-16-26(14-11-22(23)15-24)31-18-19-3-12-25(29)13-4-19/h3-4,9-16,20-21H,5-8,17-18H2,1-2H3. The number of fused-ring (bicyclic) bond motifs is 3. The van der Waals surface area contributed by atoms with E-state index in [2.05, 4.69) is 49.3 Å². The molecule has 0 heterocycles. The highest BCUT2D eigenvalue weighted by Crippen LogP contribution is 2.49. The van der Waals surface area contributed by atoms with Gasteiger partial charge in [0.25, 0.3) is 0 Å². The van der Waals surface area contributed by atoms with E-state index in [4.69, 9.17) is 4.74 Å². The molecule has 0 aliphatic heterocycles. The van der Waals surface area contributed by atoms with Gasteiger partial charge in [0, 0.05) is 6.54 Å². The van der Waals surface area contributed by atoms with Crippen LogP contribution in [0, 0.1) is 17.7 Å². The summed E-state index contributed by atoms with van der Waals surface area (Å²) in [5.41, 5.74) is 5.66. The number of hydrogen-bond acceptors (Lipinski definition) is 2. The van der Waals surface area contributed by atoms with E-state index >= 15 is 0 Å². The summed E-state index contributed by atoms with van der Waals surface area (Å²) < 4.78 is 19.0. The van der Waals surface area contributed by atoms with Crippen LogP contribution >= 0.6 is 0 Å². The Morgan fingerprint density at radius 2 is 1.52 bits per heavy atom. The number of likely N-dealkylation sites (N-methyl/N-ethyl adjacent to an activating group) is 1. The number of ether oxygens (including phenoxy) is 1. The van der Waals surface area contributed by atoms with Crippen LogP contribution in [0.15, 0.2) is 66.2 Å².